The monoisotopic (exact) mass is 448 g/mol. The van der Waals surface area contributed by atoms with E-state index in [1.807, 2.05) is 13.0 Å². The zero-order valence-electron chi connectivity index (χ0n) is 20.7. The molecule has 0 bridgehead atoms. The molecule has 0 aromatic heterocycles. The van der Waals surface area contributed by atoms with E-state index in [0.717, 1.165) is 24.8 Å². The van der Waals surface area contributed by atoms with Gasteiger partial charge in [0.25, 0.3) is 10.0 Å². The van der Waals surface area contributed by atoms with Crippen molar-refractivity contribution in [2.45, 2.75) is 50.5 Å². The quantitative estimate of drug-likeness (QED) is 0.696. The number of ether oxygens (including phenoxy) is 2. The highest BCUT2D eigenvalue weighted by Gasteiger charge is 2.35. The summed E-state index contributed by atoms with van der Waals surface area (Å²) in [6.45, 7) is 0.987. The first kappa shape index (κ1) is 18.5. The molecule has 1 N–H and O–H groups in total. The Labute approximate surface area is 189 Å². The maximum atomic E-state index is 13.6. The normalized spacial score (nSPS) is 21.3. The number of fused-ring (bicyclic) bond motifs is 1. The Kier molecular flexibility index (Phi) is 5.47. The summed E-state index contributed by atoms with van der Waals surface area (Å²) in [5.74, 6) is -0.0967. The van der Waals surface area contributed by atoms with E-state index in [-0.39, 0.29) is 18.0 Å². The lowest BCUT2D eigenvalue weighted by atomic mass is 10.0. The molecule has 6 nitrogen and oxygen atoms in total. The number of nitrogens with zero attached hydrogens (tertiary/aromatic N) is 1. The highest BCUT2D eigenvalue weighted by molar-refractivity contribution is 7.92. The van der Waals surface area contributed by atoms with E-state index >= 15 is 0 Å². The summed E-state index contributed by atoms with van der Waals surface area (Å²) >= 11 is 0. The summed E-state index contributed by atoms with van der Waals surface area (Å²) in [4.78, 5) is -0.00771. The summed E-state index contributed by atoms with van der Waals surface area (Å²) in [7, 11) is -4.05. The molecule has 4 rings (SSSR count). The summed E-state index contributed by atoms with van der Waals surface area (Å²) in [5.41, 5.74) is 2.26. The lowest BCUT2D eigenvalue weighted by molar-refractivity contribution is 0.0494. The van der Waals surface area contributed by atoms with Crippen LogP contribution in [0.2, 0.25) is 0 Å². The molecule has 1 saturated heterocycles. The van der Waals surface area contributed by atoms with Gasteiger partial charge in [-0.15, -0.1) is 0 Å². The molecule has 31 heavy (non-hydrogen) atoms. The van der Waals surface area contributed by atoms with Crippen molar-refractivity contribution in [1.82, 2.24) is 0 Å². The second-order valence-corrected chi connectivity index (χ2v) is 9.99. The van der Waals surface area contributed by atoms with E-state index in [0.29, 0.717) is 48.3 Å². The van der Waals surface area contributed by atoms with Gasteiger partial charge in [-0.1, -0.05) is 25.9 Å². The smallest absolute Gasteiger partial charge is 0.264 e. The Morgan fingerprint density at radius 3 is 2.74 bits per heavy atom. The van der Waals surface area contributed by atoms with Crippen LogP contribution in [0.5, 0.6) is 5.75 Å². The highest BCUT2D eigenvalue weighted by Crippen LogP contribution is 2.40. The molecule has 7 heteroatoms. The van der Waals surface area contributed by atoms with Gasteiger partial charge in [0.2, 0.25) is 0 Å². The van der Waals surface area contributed by atoms with Crippen LogP contribution in [0, 0.1) is 5.92 Å². The number of benzene rings is 2. The minimum Gasteiger partial charge on any atom is -0.493 e. The summed E-state index contributed by atoms with van der Waals surface area (Å²) < 4.78 is 63.6. The van der Waals surface area contributed by atoms with Crippen molar-refractivity contribution < 1.29 is 27.1 Å². The lowest BCUT2D eigenvalue weighted by Gasteiger charge is -2.23. The molecule has 0 saturated carbocycles. The van der Waals surface area contributed by atoms with E-state index in [2.05, 4.69) is 0 Å². The van der Waals surface area contributed by atoms with Crippen LogP contribution in [0.3, 0.4) is 0 Å². The first-order valence-corrected chi connectivity index (χ1v) is 12.2. The standard InChI is InChI=1S/C24H31NO5S/c1-3-18-4-6-23-22(12-18)17(2)14-25(23)31(27,28)21-5-7-24(20(13-21)15-26)30-16-19-8-10-29-11-9-19/h4-7,12-13,17,19,26H,3,8-11,14-16H2,1-2H3/i2D3. The van der Waals surface area contributed by atoms with Crippen LogP contribution in [0.1, 0.15) is 53.3 Å². The van der Waals surface area contributed by atoms with Crippen LogP contribution in [0.15, 0.2) is 41.3 Å². The van der Waals surface area contributed by atoms with Crippen LogP contribution in [0.4, 0.5) is 5.69 Å². The Balaban J connectivity index is 1.62. The minimum absolute atomic E-state index is 0.00771. The molecule has 1 unspecified atom stereocenters. The van der Waals surface area contributed by atoms with Gasteiger partial charge in [-0.05, 0) is 60.6 Å². The number of aliphatic hydroxyl groups excluding tert-OH is 1. The largest absolute Gasteiger partial charge is 0.493 e. The molecule has 168 valence electrons. The Bertz CT molecular complexity index is 1130. The maximum absolute atomic E-state index is 13.6. The third-order valence-corrected chi connectivity index (χ3v) is 7.87. The van der Waals surface area contributed by atoms with Gasteiger partial charge in [-0.3, -0.25) is 4.31 Å². The number of sulfonamides is 1. The average molecular weight is 449 g/mol. The van der Waals surface area contributed by atoms with Crippen molar-refractivity contribution >= 4 is 15.7 Å². The second-order valence-electron chi connectivity index (χ2n) is 8.13. The van der Waals surface area contributed by atoms with Crippen molar-refractivity contribution in [3.8, 4) is 5.75 Å². The molecule has 0 aliphatic carbocycles. The van der Waals surface area contributed by atoms with E-state index in [1.54, 1.807) is 18.2 Å². The van der Waals surface area contributed by atoms with Gasteiger partial charge >= 0.3 is 0 Å². The van der Waals surface area contributed by atoms with Gasteiger partial charge in [0.1, 0.15) is 5.75 Å². The topological polar surface area (TPSA) is 76.1 Å². The van der Waals surface area contributed by atoms with Crippen molar-refractivity contribution in [3.05, 3.63) is 53.1 Å². The van der Waals surface area contributed by atoms with Gasteiger partial charge in [-0.25, -0.2) is 8.42 Å². The number of anilines is 1. The SMILES string of the molecule is [2H]C([2H])([2H])C1CN(S(=O)(=O)c2ccc(OCC3CCOCC3)c(CO)c2)c2ccc(CC)cc21. The van der Waals surface area contributed by atoms with Crippen LogP contribution < -0.4 is 9.04 Å². The second kappa shape index (κ2) is 9.18. The van der Waals surface area contributed by atoms with E-state index in [1.165, 1.54) is 16.4 Å². The Morgan fingerprint density at radius 1 is 1.23 bits per heavy atom. The molecule has 0 amide bonds. The zero-order valence-corrected chi connectivity index (χ0v) is 18.5. The Morgan fingerprint density at radius 2 is 2.03 bits per heavy atom. The third kappa shape index (κ3) is 4.45. The summed E-state index contributed by atoms with van der Waals surface area (Å²) in [6, 6.07) is 9.75. The maximum Gasteiger partial charge on any atom is 0.264 e. The fraction of sp³-hybridized carbons (Fsp3) is 0.500. The molecule has 1 fully saturated rings. The number of hydrogen-bond donors (Lipinski definition) is 1. The van der Waals surface area contributed by atoms with Crippen LogP contribution in [0.25, 0.3) is 0 Å². The summed E-state index contributed by atoms with van der Waals surface area (Å²) in [5, 5.41) is 9.89. The Hall–Kier alpha value is -2.09. The van der Waals surface area contributed by atoms with Gasteiger partial charge in [-0.2, -0.15) is 0 Å². The predicted octanol–water partition coefficient (Wildman–Crippen LogP) is 3.86. The molecule has 2 heterocycles. The van der Waals surface area contributed by atoms with Gasteiger partial charge < -0.3 is 14.6 Å². The first-order chi connectivity index (χ1) is 16.1. The summed E-state index contributed by atoms with van der Waals surface area (Å²) in [6.07, 6.45) is 2.53. The van der Waals surface area contributed by atoms with Crippen molar-refractivity contribution in [3.63, 3.8) is 0 Å². The lowest BCUT2D eigenvalue weighted by Crippen LogP contribution is -2.29. The number of aliphatic hydroxyl groups is 1. The van der Waals surface area contributed by atoms with E-state index in [4.69, 9.17) is 13.6 Å². The number of rotatable bonds is 7. The molecule has 0 spiro atoms. The first-order valence-electron chi connectivity index (χ1n) is 12.2. The van der Waals surface area contributed by atoms with Gasteiger partial charge in [0.05, 0.1) is 23.8 Å². The molecule has 2 aromatic rings. The van der Waals surface area contributed by atoms with Crippen LogP contribution >= 0.6 is 0 Å². The molecular weight excluding hydrogens is 414 g/mol. The molecule has 0 radical (unpaired) electrons. The van der Waals surface area contributed by atoms with E-state index in [9.17, 15) is 13.5 Å². The molecule has 1 atom stereocenters. The minimum atomic E-state index is -4.05. The number of aryl methyl sites for hydroxylation is 1. The van der Waals surface area contributed by atoms with Crippen molar-refractivity contribution in [2.24, 2.45) is 5.92 Å². The van der Waals surface area contributed by atoms with Crippen LogP contribution in [-0.4, -0.2) is 39.9 Å². The van der Waals surface area contributed by atoms with Gasteiger partial charge in [0, 0.05) is 35.4 Å². The highest BCUT2D eigenvalue weighted by atomic mass is 32.2. The number of hydrogen-bond acceptors (Lipinski definition) is 5. The van der Waals surface area contributed by atoms with Crippen LogP contribution in [-0.2, 0) is 27.8 Å². The fourth-order valence-corrected chi connectivity index (χ4v) is 5.71. The zero-order chi connectivity index (χ0) is 24.5. The fourth-order valence-electron chi connectivity index (χ4n) is 4.15. The molecule has 2 aromatic carbocycles. The van der Waals surface area contributed by atoms with Crippen molar-refractivity contribution in [1.29, 1.82) is 0 Å². The molecule has 2 aliphatic heterocycles. The van der Waals surface area contributed by atoms with Gasteiger partial charge in [0.15, 0.2) is 0 Å². The molecule has 2 aliphatic rings. The van der Waals surface area contributed by atoms with E-state index < -0.39 is 22.8 Å². The predicted molar refractivity (Wildman–Crippen MR) is 120 cm³/mol. The molecular formula is C24H31NO5S. The third-order valence-electron chi connectivity index (χ3n) is 6.10. The van der Waals surface area contributed by atoms with Crippen molar-refractivity contribution in [2.75, 3.05) is 30.7 Å². The average Bonchev–Trinajstić information content (AvgIpc) is 3.23.